The summed E-state index contributed by atoms with van der Waals surface area (Å²) < 4.78 is 5.40. The highest BCUT2D eigenvalue weighted by Gasteiger charge is 2.44. The Morgan fingerprint density at radius 2 is 1.93 bits per heavy atom. The molecule has 1 aromatic carbocycles. The predicted molar refractivity (Wildman–Crippen MR) is 61.8 cm³/mol. The summed E-state index contributed by atoms with van der Waals surface area (Å²) in [6, 6.07) is 8.77. The number of rotatable bonds is 1. The van der Waals surface area contributed by atoms with Crippen LogP contribution in [0.3, 0.4) is 0 Å². The predicted octanol–water partition coefficient (Wildman–Crippen LogP) is 3.01. The van der Waals surface area contributed by atoms with Crippen molar-refractivity contribution in [3.8, 4) is 0 Å². The lowest BCUT2D eigenvalue weighted by Crippen LogP contribution is -2.43. The van der Waals surface area contributed by atoms with Crippen LogP contribution in [0.1, 0.15) is 25.0 Å². The number of benzene rings is 1. The first-order valence-corrected chi connectivity index (χ1v) is 5.63. The number of hydrogen-bond acceptors (Lipinski definition) is 1. The summed E-state index contributed by atoms with van der Waals surface area (Å²) >= 11 is 0. The molecule has 0 amide bonds. The second-order valence-corrected chi connectivity index (χ2v) is 4.95. The fourth-order valence-electron chi connectivity index (χ4n) is 2.66. The van der Waals surface area contributed by atoms with E-state index in [0.29, 0.717) is 5.92 Å². The van der Waals surface area contributed by atoms with Gasteiger partial charge in [-0.1, -0.05) is 44.2 Å². The van der Waals surface area contributed by atoms with Gasteiger partial charge in [0, 0.05) is 0 Å². The van der Waals surface area contributed by atoms with Gasteiger partial charge in [0.15, 0.2) is 0 Å². The van der Waals surface area contributed by atoms with Crippen molar-refractivity contribution in [2.75, 3.05) is 13.2 Å². The van der Waals surface area contributed by atoms with Crippen molar-refractivity contribution in [3.05, 3.63) is 41.5 Å². The van der Waals surface area contributed by atoms with E-state index < -0.39 is 0 Å². The van der Waals surface area contributed by atoms with Crippen molar-refractivity contribution in [3.63, 3.8) is 0 Å². The molecule has 0 aromatic heterocycles. The fourth-order valence-corrected chi connectivity index (χ4v) is 2.66. The molecule has 1 nitrogen and oxygen atoms in total. The minimum Gasteiger partial charge on any atom is -0.379 e. The van der Waals surface area contributed by atoms with Gasteiger partial charge in [0.25, 0.3) is 0 Å². The Balaban J connectivity index is 2.17. The highest BCUT2D eigenvalue weighted by Crippen LogP contribution is 2.47. The number of ether oxygens (including phenoxy) is 1. The second kappa shape index (κ2) is 2.96. The van der Waals surface area contributed by atoms with Crippen molar-refractivity contribution in [2.45, 2.75) is 19.3 Å². The Bertz CT molecular complexity index is 425. The van der Waals surface area contributed by atoms with Gasteiger partial charge in [0.2, 0.25) is 0 Å². The largest absolute Gasteiger partial charge is 0.379 e. The molecule has 78 valence electrons. The normalized spacial score (nSPS) is 21.4. The number of fused-ring (bicyclic) bond motifs is 2. The van der Waals surface area contributed by atoms with E-state index in [1.54, 1.807) is 0 Å². The summed E-state index contributed by atoms with van der Waals surface area (Å²) in [4.78, 5) is 0. The third kappa shape index (κ3) is 1.13. The van der Waals surface area contributed by atoms with E-state index in [1.807, 2.05) is 0 Å². The minimum absolute atomic E-state index is 0.218. The molecule has 0 saturated carbocycles. The van der Waals surface area contributed by atoms with Gasteiger partial charge >= 0.3 is 0 Å². The Hall–Kier alpha value is -1.08. The molecular weight excluding hydrogens is 184 g/mol. The molecule has 1 heterocycles. The quantitative estimate of drug-likeness (QED) is 0.677. The van der Waals surface area contributed by atoms with E-state index in [1.165, 1.54) is 16.7 Å². The van der Waals surface area contributed by atoms with Gasteiger partial charge in [-0.2, -0.15) is 0 Å². The monoisotopic (exact) mass is 200 g/mol. The van der Waals surface area contributed by atoms with Crippen molar-refractivity contribution < 1.29 is 4.74 Å². The van der Waals surface area contributed by atoms with E-state index in [9.17, 15) is 0 Å². The van der Waals surface area contributed by atoms with E-state index >= 15 is 0 Å². The second-order valence-electron chi connectivity index (χ2n) is 4.95. The molecule has 3 rings (SSSR count). The molecule has 1 aliphatic heterocycles. The minimum atomic E-state index is 0.218. The van der Waals surface area contributed by atoms with Crippen LogP contribution in [0, 0.1) is 5.92 Å². The van der Waals surface area contributed by atoms with Crippen LogP contribution in [-0.4, -0.2) is 13.2 Å². The maximum absolute atomic E-state index is 5.40. The SMILES string of the molecule is CC(C)C1=CC2(COC2)c2ccccc21. The molecule has 2 aliphatic rings. The molecule has 0 bridgehead atoms. The molecule has 1 heteroatoms. The Morgan fingerprint density at radius 1 is 1.20 bits per heavy atom. The maximum Gasteiger partial charge on any atom is 0.0621 e. The van der Waals surface area contributed by atoms with Crippen LogP contribution in [0.5, 0.6) is 0 Å². The molecular formula is C14H16O. The maximum atomic E-state index is 5.40. The molecule has 1 spiro atoms. The lowest BCUT2D eigenvalue weighted by atomic mass is 9.81. The summed E-state index contributed by atoms with van der Waals surface area (Å²) in [5, 5.41) is 0. The zero-order valence-corrected chi connectivity index (χ0v) is 9.29. The first-order chi connectivity index (χ1) is 7.23. The average molecular weight is 200 g/mol. The highest BCUT2D eigenvalue weighted by molar-refractivity contribution is 5.78. The third-order valence-corrected chi connectivity index (χ3v) is 3.55. The van der Waals surface area contributed by atoms with Crippen LogP contribution in [0.25, 0.3) is 5.57 Å². The van der Waals surface area contributed by atoms with E-state index in [4.69, 9.17) is 4.74 Å². The lowest BCUT2D eigenvalue weighted by Gasteiger charge is -2.37. The van der Waals surface area contributed by atoms with Gasteiger partial charge < -0.3 is 4.74 Å². The van der Waals surface area contributed by atoms with Crippen molar-refractivity contribution in [1.82, 2.24) is 0 Å². The number of hydrogen-bond donors (Lipinski definition) is 0. The lowest BCUT2D eigenvalue weighted by molar-refractivity contribution is -0.0325. The van der Waals surface area contributed by atoms with E-state index in [0.717, 1.165) is 13.2 Å². The van der Waals surface area contributed by atoms with Crippen LogP contribution >= 0.6 is 0 Å². The summed E-state index contributed by atoms with van der Waals surface area (Å²) in [5.41, 5.74) is 4.63. The molecule has 1 fully saturated rings. The van der Waals surface area contributed by atoms with Gasteiger partial charge in [0.05, 0.1) is 18.6 Å². The van der Waals surface area contributed by atoms with Crippen LogP contribution in [-0.2, 0) is 10.2 Å². The molecule has 0 atom stereocenters. The van der Waals surface area contributed by atoms with Gasteiger partial charge in [-0.3, -0.25) is 0 Å². The topological polar surface area (TPSA) is 9.23 Å². The summed E-state index contributed by atoms with van der Waals surface area (Å²) in [5.74, 6) is 0.603. The molecule has 0 radical (unpaired) electrons. The Kier molecular flexibility index (Phi) is 1.81. The van der Waals surface area contributed by atoms with E-state index in [2.05, 4.69) is 44.2 Å². The van der Waals surface area contributed by atoms with Gasteiger partial charge in [-0.15, -0.1) is 0 Å². The number of allylic oxidation sites excluding steroid dienone is 1. The fraction of sp³-hybridized carbons (Fsp3) is 0.429. The van der Waals surface area contributed by atoms with Crippen molar-refractivity contribution >= 4 is 5.57 Å². The molecule has 0 unspecified atom stereocenters. The summed E-state index contributed by atoms with van der Waals surface area (Å²) in [7, 11) is 0. The van der Waals surface area contributed by atoms with Crippen LogP contribution in [0.15, 0.2) is 30.3 Å². The van der Waals surface area contributed by atoms with Gasteiger partial charge in [-0.25, -0.2) is 0 Å². The van der Waals surface area contributed by atoms with Gasteiger partial charge in [-0.05, 0) is 22.6 Å². The first-order valence-electron chi connectivity index (χ1n) is 5.63. The van der Waals surface area contributed by atoms with Crippen molar-refractivity contribution in [2.24, 2.45) is 5.92 Å². The molecule has 0 N–H and O–H groups in total. The van der Waals surface area contributed by atoms with Crippen LogP contribution in [0.2, 0.25) is 0 Å². The zero-order valence-electron chi connectivity index (χ0n) is 9.29. The van der Waals surface area contributed by atoms with Crippen molar-refractivity contribution in [1.29, 1.82) is 0 Å². The van der Waals surface area contributed by atoms with Gasteiger partial charge in [0.1, 0.15) is 0 Å². The third-order valence-electron chi connectivity index (χ3n) is 3.55. The van der Waals surface area contributed by atoms with E-state index in [-0.39, 0.29) is 5.41 Å². The molecule has 15 heavy (non-hydrogen) atoms. The molecule has 1 aliphatic carbocycles. The van der Waals surface area contributed by atoms with Crippen LogP contribution < -0.4 is 0 Å². The first kappa shape index (κ1) is 9.17. The smallest absolute Gasteiger partial charge is 0.0621 e. The Morgan fingerprint density at radius 3 is 2.53 bits per heavy atom. The average Bonchev–Trinajstić information content (AvgIpc) is 2.52. The summed E-state index contributed by atoms with van der Waals surface area (Å²) in [6.07, 6.45) is 2.44. The standard InChI is InChI=1S/C14H16O/c1-10(2)12-7-14(8-15-9-14)13-6-4-3-5-11(12)13/h3-7,10H,8-9H2,1-2H3. The summed E-state index contributed by atoms with van der Waals surface area (Å²) in [6.45, 7) is 6.25. The Labute approximate surface area is 90.8 Å². The highest BCUT2D eigenvalue weighted by atomic mass is 16.5. The molecule has 1 aromatic rings. The molecule has 1 saturated heterocycles. The zero-order chi connectivity index (χ0) is 10.5. The van der Waals surface area contributed by atoms with Crippen LogP contribution in [0.4, 0.5) is 0 Å².